The number of nitrogens with one attached hydrogen (secondary N) is 1. The van der Waals surface area contributed by atoms with Gasteiger partial charge in [0, 0.05) is 37.4 Å². The molecule has 1 aliphatic heterocycles. The van der Waals surface area contributed by atoms with Crippen LogP contribution in [0.1, 0.15) is 24.2 Å². The third-order valence-corrected chi connectivity index (χ3v) is 3.82. The first kappa shape index (κ1) is 17.9. The van der Waals surface area contributed by atoms with Crippen LogP contribution >= 0.6 is 0 Å². The van der Waals surface area contributed by atoms with Gasteiger partial charge in [-0.1, -0.05) is 12.1 Å². The van der Waals surface area contributed by atoms with Gasteiger partial charge in [0.2, 0.25) is 5.91 Å². The molecule has 1 N–H and O–H groups in total. The number of piperazine rings is 1. The number of carbonyl (C=O) groups is 3. The van der Waals surface area contributed by atoms with Gasteiger partial charge in [0.1, 0.15) is 0 Å². The van der Waals surface area contributed by atoms with Crippen molar-refractivity contribution in [3.05, 3.63) is 29.8 Å². The molecular weight excluding hydrogens is 310 g/mol. The van der Waals surface area contributed by atoms with E-state index >= 15 is 0 Å². The molecule has 2 amide bonds. The van der Waals surface area contributed by atoms with E-state index in [0.717, 1.165) is 0 Å². The van der Waals surface area contributed by atoms with E-state index in [0.29, 0.717) is 44.0 Å². The molecule has 0 aromatic heterocycles. The van der Waals surface area contributed by atoms with Crippen molar-refractivity contribution in [1.82, 2.24) is 9.80 Å². The summed E-state index contributed by atoms with van der Waals surface area (Å²) >= 11 is 0. The highest BCUT2D eigenvalue weighted by Crippen LogP contribution is 2.11. The molecule has 0 unspecified atom stereocenters. The second kappa shape index (κ2) is 8.44. The Hall–Kier alpha value is -2.41. The normalized spacial score (nSPS) is 15.0. The zero-order valence-electron chi connectivity index (χ0n) is 14.1. The molecule has 0 radical (unpaired) electrons. The maximum Gasteiger partial charge on any atom is 0.409 e. The van der Waals surface area contributed by atoms with Crippen molar-refractivity contribution in [3.63, 3.8) is 0 Å². The number of ketones is 1. The van der Waals surface area contributed by atoms with Gasteiger partial charge in [-0.2, -0.15) is 0 Å². The number of amides is 2. The zero-order chi connectivity index (χ0) is 17.5. The van der Waals surface area contributed by atoms with Crippen molar-refractivity contribution in [2.24, 2.45) is 0 Å². The number of ether oxygens (including phenoxy) is 1. The number of nitrogens with zero attached hydrogens (tertiary/aromatic N) is 2. The SMILES string of the molecule is CCOC(=O)N1CCN(CC(=O)Nc2cccc(C(C)=O)c2)CC1. The molecule has 1 fully saturated rings. The van der Waals surface area contributed by atoms with E-state index in [-0.39, 0.29) is 24.3 Å². The van der Waals surface area contributed by atoms with Gasteiger partial charge >= 0.3 is 6.09 Å². The van der Waals surface area contributed by atoms with Crippen LogP contribution in [-0.4, -0.2) is 66.9 Å². The summed E-state index contributed by atoms with van der Waals surface area (Å²) in [4.78, 5) is 38.8. The summed E-state index contributed by atoms with van der Waals surface area (Å²) in [6.45, 7) is 6.22. The van der Waals surface area contributed by atoms with Gasteiger partial charge in [-0.15, -0.1) is 0 Å². The van der Waals surface area contributed by atoms with Crippen molar-refractivity contribution >= 4 is 23.5 Å². The van der Waals surface area contributed by atoms with E-state index in [1.54, 1.807) is 36.1 Å². The standard InChI is InChI=1S/C17H23N3O4/c1-3-24-17(23)20-9-7-19(8-10-20)12-16(22)18-15-6-4-5-14(11-15)13(2)21/h4-6,11H,3,7-10,12H2,1-2H3,(H,18,22). The van der Waals surface area contributed by atoms with Crippen molar-refractivity contribution in [2.75, 3.05) is 44.6 Å². The quantitative estimate of drug-likeness (QED) is 0.828. The lowest BCUT2D eigenvalue weighted by Gasteiger charge is -2.33. The average molecular weight is 333 g/mol. The molecule has 0 bridgehead atoms. The molecule has 7 heteroatoms. The fourth-order valence-corrected chi connectivity index (χ4v) is 2.52. The Balaban J connectivity index is 1.80. The first-order valence-corrected chi connectivity index (χ1v) is 8.04. The van der Waals surface area contributed by atoms with Crippen LogP contribution < -0.4 is 5.32 Å². The van der Waals surface area contributed by atoms with Gasteiger partial charge in [-0.05, 0) is 26.0 Å². The van der Waals surface area contributed by atoms with E-state index < -0.39 is 0 Å². The minimum Gasteiger partial charge on any atom is -0.450 e. The summed E-state index contributed by atoms with van der Waals surface area (Å²) in [5.41, 5.74) is 1.17. The van der Waals surface area contributed by atoms with Crippen LogP contribution in [-0.2, 0) is 9.53 Å². The Bertz CT molecular complexity index is 610. The molecule has 24 heavy (non-hydrogen) atoms. The van der Waals surface area contributed by atoms with Crippen LogP contribution in [0.25, 0.3) is 0 Å². The first-order valence-electron chi connectivity index (χ1n) is 8.04. The number of carbonyl (C=O) groups excluding carboxylic acids is 3. The maximum absolute atomic E-state index is 12.1. The van der Waals surface area contributed by atoms with Gasteiger partial charge in [-0.3, -0.25) is 14.5 Å². The number of benzene rings is 1. The van der Waals surface area contributed by atoms with E-state index in [9.17, 15) is 14.4 Å². The van der Waals surface area contributed by atoms with E-state index in [1.165, 1.54) is 6.92 Å². The number of hydrogen-bond donors (Lipinski definition) is 1. The summed E-state index contributed by atoms with van der Waals surface area (Å²) in [5.74, 6) is -0.179. The summed E-state index contributed by atoms with van der Waals surface area (Å²) in [7, 11) is 0. The van der Waals surface area contributed by atoms with Crippen LogP contribution in [0.2, 0.25) is 0 Å². The molecule has 1 aromatic rings. The molecule has 1 aromatic carbocycles. The maximum atomic E-state index is 12.1. The molecule has 2 rings (SSSR count). The van der Waals surface area contributed by atoms with Crippen LogP contribution in [0, 0.1) is 0 Å². The smallest absolute Gasteiger partial charge is 0.409 e. The van der Waals surface area contributed by atoms with Gasteiger partial charge in [0.25, 0.3) is 0 Å². The van der Waals surface area contributed by atoms with Gasteiger partial charge < -0.3 is 15.0 Å². The second-order valence-corrected chi connectivity index (χ2v) is 5.65. The Kier molecular flexibility index (Phi) is 6.31. The number of Topliss-reactive ketones (excluding diaryl/α,β-unsaturated/α-hetero) is 1. The summed E-state index contributed by atoms with van der Waals surface area (Å²) in [6, 6.07) is 6.87. The van der Waals surface area contributed by atoms with Crippen LogP contribution in [0.5, 0.6) is 0 Å². The summed E-state index contributed by atoms with van der Waals surface area (Å²) in [5, 5.41) is 2.80. The van der Waals surface area contributed by atoms with E-state index in [1.807, 2.05) is 4.90 Å². The van der Waals surface area contributed by atoms with Gasteiger partial charge in [0.15, 0.2) is 5.78 Å². The van der Waals surface area contributed by atoms with Crippen molar-refractivity contribution in [2.45, 2.75) is 13.8 Å². The highest BCUT2D eigenvalue weighted by Gasteiger charge is 2.23. The summed E-state index contributed by atoms with van der Waals surface area (Å²) in [6.07, 6.45) is -0.303. The third-order valence-electron chi connectivity index (χ3n) is 3.82. The van der Waals surface area contributed by atoms with Crippen molar-refractivity contribution in [3.8, 4) is 0 Å². The van der Waals surface area contributed by atoms with Gasteiger partial charge in [0.05, 0.1) is 13.2 Å². The lowest BCUT2D eigenvalue weighted by molar-refractivity contribution is -0.117. The number of rotatable bonds is 5. The predicted molar refractivity (Wildman–Crippen MR) is 90.1 cm³/mol. The number of anilines is 1. The monoisotopic (exact) mass is 333 g/mol. The zero-order valence-corrected chi connectivity index (χ0v) is 14.1. The molecule has 1 aliphatic rings. The summed E-state index contributed by atoms with van der Waals surface area (Å²) < 4.78 is 4.97. The highest BCUT2D eigenvalue weighted by molar-refractivity contribution is 5.97. The molecular formula is C17H23N3O4. The van der Waals surface area contributed by atoms with Crippen molar-refractivity contribution < 1.29 is 19.1 Å². The Morgan fingerprint density at radius 1 is 1.17 bits per heavy atom. The Morgan fingerprint density at radius 3 is 2.50 bits per heavy atom. The minimum absolute atomic E-state index is 0.0406. The second-order valence-electron chi connectivity index (χ2n) is 5.65. The molecule has 7 nitrogen and oxygen atoms in total. The van der Waals surface area contributed by atoms with Crippen LogP contribution in [0.3, 0.4) is 0 Å². The fraction of sp³-hybridized carbons (Fsp3) is 0.471. The van der Waals surface area contributed by atoms with Crippen LogP contribution in [0.4, 0.5) is 10.5 Å². The van der Waals surface area contributed by atoms with Crippen LogP contribution in [0.15, 0.2) is 24.3 Å². The molecule has 0 aliphatic carbocycles. The lowest BCUT2D eigenvalue weighted by atomic mass is 10.1. The van der Waals surface area contributed by atoms with E-state index in [4.69, 9.17) is 4.74 Å². The molecule has 1 saturated heterocycles. The molecule has 0 atom stereocenters. The molecule has 130 valence electrons. The van der Waals surface area contributed by atoms with Gasteiger partial charge in [-0.25, -0.2) is 4.79 Å². The Labute approximate surface area is 141 Å². The predicted octanol–water partition coefficient (Wildman–Crippen LogP) is 1.60. The highest BCUT2D eigenvalue weighted by atomic mass is 16.6. The Morgan fingerprint density at radius 2 is 1.88 bits per heavy atom. The fourth-order valence-electron chi connectivity index (χ4n) is 2.52. The number of hydrogen-bond acceptors (Lipinski definition) is 5. The topological polar surface area (TPSA) is 79.0 Å². The van der Waals surface area contributed by atoms with Crippen molar-refractivity contribution in [1.29, 1.82) is 0 Å². The largest absolute Gasteiger partial charge is 0.450 e. The molecule has 0 saturated carbocycles. The lowest BCUT2D eigenvalue weighted by Crippen LogP contribution is -2.50. The molecule has 0 spiro atoms. The third kappa shape index (κ3) is 5.06. The first-order chi connectivity index (χ1) is 11.5. The molecule has 1 heterocycles. The minimum atomic E-state index is -0.303. The average Bonchev–Trinajstić information content (AvgIpc) is 2.55. The van der Waals surface area contributed by atoms with E-state index in [2.05, 4.69) is 5.32 Å².